The summed E-state index contributed by atoms with van der Waals surface area (Å²) in [6.45, 7) is 6.45. The van der Waals surface area contributed by atoms with Gasteiger partial charge in [0.1, 0.15) is 11.3 Å². The Morgan fingerprint density at radius 3 is 2.91 bits per heavy atom. The Hall–Kier alpha value is -1.90. The number of pyridine rings is 1. The minimum Gasteiger partial charge on any atom is -0.305 e. The van der Waals surface area contributed by atoms with Crippen molar-refractivity contribution in [2.45, 2.75) is 65.3 Å². The molecule has 0 amide bonds. The van der Waals surface area contributed by atoms with Gasteiger partial charge in [-0.1, -0.05) is 19.1 Å². The Morgan fingerprint density at radius 2 is 2.09 bits per heavy atom. The number of imidazole rings is 1. The summed E-state index contributed by atoms with van der Waals surface area (Å²) >= 11 is 0. The van der Waals surface area contributed by atoms with Gasteiger partial charge in [-0.3, -0.25) is 0 Å². The summed E-state index contributed by atoms with van der Waals surface area (Å²) in [5, 5.41) is 0. The molecule has 4 rings (SSSR count). The highest BCUT2D eigenvalue weighted by atomic mass is 15.2. The van der Waals surface area contributed by atoms with Crippen molar-refractivity contribution in [1.82, 2.24) is 14.5 Å². The number of hydrogen-bond donors (Lipinski definition) is 0. The van der Waals surface area contributed by atoms with E-state index < -0.39 is 0 Å². The molecule has 120 valence electrons. The molecule has 0 saturated heterocycles. The molecule has 3 heteroatoms. The fourth-order valence-electron chi connectivity index (χ4n) is 4.30. The van der Waals surface area contributed by atoms with Gasteiger partial charge in [0.15, 0.2) is 5.65 Å². The Labute approximate surface area is 138 Å². The molecule has 0 aliphatic heterocycles. The van der Waals surface area contributed by atoms with Crippen LogP contribution in [-0.4, -0.2) is 14.5 Å². The number of allylic oxidation sites excluding steroid dienone is 4. The van der Waals surface area contributed by atoms with Crippen LogP contribution in [0, 0.1) is 13.8 Å². The molecule has 0 aromatic carbocycles. The van der Waals surface area contributed by atoms with E-state index in [0.29, 0.717) is 6.04 Å². The van der Waals surface area contributed by atoms with Gasteiger partial charge >= 0.3 is 0 Å². The average molecular weight is 307 g/mol. The van der Waals surface area contributed by atoms with E-state index >= 15 is 0 Å². The predicted octanol–water partition coefficient (Wildman–Crippen LogP) is 4.98. The minimum atomic E-state index is 0.456. The van der Waals surface area contributed by atoms with Crippen molar-refractivity contribution in [3.05, 3.63) is 46.4 Å². The lowest BCUT2D eigenvalue weighted by atomic mass is 9.82. The maximum absolute atomic E-state index is 4.94. The number of fused-ring (bicyclic) bond motifs is 1. The fraction of sp³-hybridized carbons (Fsp3) is 0.500. The van der Waals surface area contributed by atoms with E-state index in [1.54, 1.807) is 11.1 Å². The van der Waals surface area contributed by atoms with Crippen LogP contribution in [0.25, 0.3) is 11.2 Å². The second kappa shape index (κ2) is 5.63. The lowest BCUT2D eigenvalue weighted by molar-refractivity contribution is 0.461. The Balaban J connectivity index is 1.96. The van der Waals surface area contributed by atoms with E-state index in [-0.39, 0.29) is 0 Å². The van der Waals surface area contributed by atoms with Crippen LogP contribution in [0.2, 0.25) is 0 Å². The molecule has 1 unspecified atom stereocenters. The Kier molecular flexibility index (Phi) is 3.59. The van der Waals surface area contributed by atoms with Crippen LogP contribution < -0.4 is 0 Å². The molecule has 2 aliphatic carbocycles. The van der Waals surface area contributed by atoms with Crippen LogP contribution in [0.15, 0.2) is 29.4 Å². The molecule has 2 heterocycles. The first-order valence-corrected chi connectivity index (χ1v) is 8.92. The first-order chi connectivity index (χ1) is 11.2. The molecule has 0 bridgehead atoms. The molecule has 2 aromatic rings. The Morgan fingerprint density at radius 1 is 1.22 bits per heavy atom. The van der Waals surface area contributed by atoms with Gasteiger partial charge in [-0.2, -0.15) is 0 Å². The second-order valence-electron chi connectivity index (χ2n) is 6.90. The number of rotatable bonds is 2. The summed E-state index contributed by atoms with van der Waals surface area (Å²) in [6.07, 6.45) is 11.8. The summed E-state index contributed by atoms with van der Waals surface area (Å²) < 4.78 is 2.46. The first kappa shape index (κ1) is 14.7. The highest BCUT2D eigenvalue weighted by Crippen LogP contribution is 2.41. The SMILES string of the molecule is CCc1nc2c(C)cc(C)nc2n1C1CCCC2=C1CCC=C2. The van der Waals surface area contributed by atoms with Crippen LogP contribution in [-0.2, 0) is 6.42 Å². The normalized spacial score (nSPS) is 21.1. The average Bonchev–Trinajstić information content (AvgIpc) is 2.93. The molecule has 0 spiro atoms. The molecule has 3 nitrogen and oxygen atoms in total. The van der Waals surface area contributed by atoms with Gasteiger partial charge in [0, 0.05) is 12.1 Å². The van der Waals surface area contributed by atoms with Gasteiger partial charge in [0.05, 0.1) is 6.04 Å². The zero-order valence-corrected chi connectivity index (χ0v) is 14.4. The van der Waals surface area contributed by atoms with Gasteiger partial charge < -0.3 is 4.57 Å². The molecule has 23 heavy (non-hydrogen) atoms. The molecule has 0 fully saturated rings. The van der Waals surface area contributed by atoms with E-state index in [9.17, 15) is 0 Å². The second-order valence-corrected chi connectivity index (χ2v) is 6.90. The predicted molar refractivity (Wildman–Crippen MR) is 94.7 cm³/mol. The molecular weight excluding hydrogens is 282 g/mol. The summed E-state index contributed by atoms with van der Waals surface area (Å²) in [5.41, 5.74) is 7.72. The van der Waals surface area contributed by atoms with E-state index in [1.165, 1.54) is 43.5 Å². The standard InChI is InChI=1S/C20H25N3/c1-4-18-22-19-13(2)12-14(3)21-20(19)23(18)17-11-7-9-15-8-5-6-10-16(15)17/h5,8,12,17H,4,6-7,9-11H2,1-3H3. The summed E-state index contributed by atoms with van der Waals surface area (Å²) in [6, 6.07) is 2.60. The molecular formula is C20H25N3. The smallest absolute Gasteiger partial charge is 0.161 e. The van der Waals surface area contributed by atoms with E-state index in [2.05, 4.69) is 43.6 Å². The maximum atomic E-state index is 4.94. The van der Waals surface area contributed by atoms with Crippen molar-refractivity contribution < 1.29 is 0 Å². The molecule has 2 aliphatic rings. The lowest BCUT2D eigenvalue weighted by Crippen LogP contribution is -2.20. The third-order valence-corrected chi connectivity index (χ3v) is 5.31. The van der Waals surface area contributed by atoms with Crippen molar-refractivity contribution in [1.29, 1.82) is 0 Å². The van der Waals surface area contributed by atoms with Gasteiger partial charge in [-0.05, 0) is 68.7 Å². The highest BCUT2D eigenvalue weighted by molar-refractivity contribution is 5.76. The number of aryl methyl sites for hydroxylation is 3. The molecule has 0 N–H and O–H groups in total. The highest BCUT2D eigenvalue weighted by Gasteiger charge is 2.28. The third kappa shape index (κ3) is 2.34. The van der Waals surface area contributed by atoms with Crippen LogP contribution >= 0.6 is 0 Å². The van der Waals surface area contributed by atoms with Crippen LogP contribution in [0.3, 0.4) is 0 Å². The van der Waals surface area contributed by atoms with Crippen molar-refractivity contribution >= 4 is 11.2 Å². The quantitative estimate of drug-likeness (QED) is 0.783. The maximum Gasteiger partial charge on any atom is 0.161 e. The largest absolute Gasteiger partial charge is 0.305 e. The van der Waals surface area contributed by atoms with E-state index in [1.807, 2.05) is 0 Å². The summed E-state index contributed by atoms with van der Waals surface area (Å²) in [7, 11) is 0. The molecule has 1 atom stereocenters. The van der Waals surface area contributed by atoms with E-state index in [4.69, 9.17) is 9.97 Å². The van der Waals surface area contributed by atoms with Gasteiger partial charge in [-0.25, -0.2) is 9.97 Å². The third-order valence-electron chi connectivity index (χ3n) is 5.31. The monoisotopic (exact) mass is 307 g/mol. The van der Waals surface area contributed by atoms with Crippen molar-refractivity contribution in [2.75, 3.05) is 0 Å². The van der Waals surface area contributed by atoms with Crippen LogP contribution in [0.1, 0.15) is 62.2 Å². The molecule has 0 saturated carbocycles. The van der Waals surface area contributed by atoms with Crippen molar-refractivity contribution in [3.8, 4) is 0 Å². The minimum absolute atomic E-state index is 0.456. The summed E-state index contributed by atoms with van der Waals surface area (Å²) in [4.78, 5) is 9.82. The Bertz CT molecular complexity index is 823. The number of hydrogen-bond acceptors (Lipinski definition) is 2. The summed E-state index contributed by atoms with van der Waals surface area (Å²) in [5.74, 6) is 1.19. The zero-order valence-electron chi connectivity index (χ0n) is 14.4. The molecule has 0 radical (unpaired) electrons. The van der Waals surface area contributed by atoms with Crippen molar-refractivity contribution in [2.24, 2.45) is 0 Å². The lowest BCUT2D eigenvalue weighted by Gasteiger charge is -2.31. The molecule has 2 aromatic heterocycles. The van der Waals surface area contributed by atoms with Crippen LogP contribution in [0.5, 0.6) is 0 Å². The van der Waals surface area contributed by atoms with Crippen LogP contribution in [0.4, 0.5) is 0 Å². The topological polar surface area (TPSA) is 30.7 Å². The first-order valence-electron chi connectivity index (χ1n) is 8.92. The van der Waals surface area contributed by atoms with Crippen molar-refractivity contribution in [3.63, 3.8) is 0 Å². The number of nitrogens with zero attached hydrogens (tertiary/aromatic N) is 3. The zero-order chi connectivity index (χ0) is 16.0. The fourth-order valence-corrected chi connectivity index (χ4v) is 4.30. The van der Waals surface area contributed by atoms with Gasteiger partial charge in [0.2, 0.25) is 0 Å². The van der Waals surface area contributed by atoms with Gasteiger partial charge in [0.25, 0.3) is 0 Å². The van der Waals surface area contributed by atoms with Gasteiger partial charge in [-0.15, -0.1) is 0 Å². The van der Waals surface area contributed by atoms with E-state index in [0.717, 1.165) is 23.3 Å². The number of aromatic nitrogens is 3.